The number of hydrogen-bond acceptors (Lipinski definition) is 4. The number of nitrogens with zero attached hydrogens (tertiary/aromatic N) is 1. The number of amides is 2. The summed E-state index contributed by atoms with van der Waals surface area (Å²) in [5.41, 5.74) is 6.52. The van der Waals surface area contributed by atoms with E-state index >= 15 is 0 Å². The molecule has 2 amide bonds. The van der Waals surface area contributed by atoms with Crippen LogP contribution in [0, 0.1) is 5.92 Å². The quantitative estimate of drug-likeness (QED) is 0.876. The molecule has 1 aromatic rings. The maximum Gasteiger partial charge on any atom is 0.249 e. The Kier molecular flexibility index (Phi) is 4.90. The second kappa shape index (κ2) is 6.96. The fourth-order valence-corrected chi connectivity index (χ4v) is 3.90. The third kappa shape index (κ3) is 3.31. The molecule has 0 radical (unpaired) electrons. The number of Topliss-reactive ketones (excluding diaryl/α,β-unsaturated/α-hetero) is 1. The van der Waals surface area contributed by atoms with Crippen LogP contribution in [0.15, 0.2) is 24.3 Å². The molecular weight excluding hydrogens is 320 g/mol. The van der Waals surface area contributed by atoms with E-state index in [0.29, 0.717) is 30.5 Å². The second-order valence-electron chi connectivity index (χ2n) is 7.21. The fraction of sp³-hybridized carbons (Fsp3) is 0.526. The molecule has 2 aliphatic rings. The minimum Gasteiger partial charge on any atom is -0.368 e. The van der Waals surface area contributed by atoms with Crippen LogP contribution >= 0.6 is 0 Å². The number of primary amides is 1. The smallest absolute Gasteiger partial charge is 0.249 e. The number of carbonyl (C=O) groups excluding carboxylic acids is 3. The summed E-state index contributed by atoms with van der Waals surface area (Å²) in [7, 11) is 0. The van der Waals surface area contributed by atoms with Gasteiger partial charge in [-0.05, 0) is 30.4 Å². The molecule has 0 spiro atoms. The van der Waals surface area contributed by atoms with Crippen LogP contribution in [0.5, 0.6) is 0 Å². The molecule has 0 unspecified atom stereocenters. The fourth-order valence-electron chi connectivity index (χ4n) is 3.90. The van der Waals surface area contributed by atoms with E-state index in [2.05, 4.69) is 0 Å². The van der Waals surface area contributed by atoms with Gasteiger partial charge in [-0.1, -0.05) is 32.0 Å². The van der Waals surface area contributed by atoms with Crippen molar-refractivity contribution in [3.05, 3.63) is 35.4 Å². The first-order chi connectivity index (χ1) is 11.9. The number of likely N-dealkylation sites (tertiary alicyclic amines) is 1. The maximum atomic E-state index is 13.3. The van der Waals surface area contributed by atoms with Crippen LogP contribution in [0.1, 0.15) is 48.5 Å². The van der Waals surface area contributed by atoms with Gasteiger partial charge in [0.2, 0.25) is 11.8 Å². The predicted molar refractivity (Wildman–Crippen MR) is 92.0 cm³/mol. The predicted octanol–water partition coefficient (Wildman–Crippen LogP) is 1.48. The molecule has 134 valence electrons. The van der Waals surface area contributed by atoms with Gasteiger partial charge in [-0.2, -0.15) is 0 Å². The molecule has 3 atom stereocenters. The standard InChI is InChI=1S/C19H24N2O4/c1-11(2)9-14(12-5-3-4-6-13(12)18(20)23)19(24)21-8-7-16-17(21)15(22)10-25-16/h3-6,11,14,16-17H,7-10H2,1-2H3,(H2,20,23)/t14-,16+,17+/m0/s1. The second-order valence-corrected chi connectivity index (χ2v) is 7.21. The van der Waals surface area contributed by atoms with Crippen molar-refractivity contribution < 1.29 is 19.1 Å². The highest BCUT2D eigenvalue weighted by atomic mass is 16.5. The van der Waals surface area contributed by atoms with Crippen molar-refractivity contribution >= 4 is 17.6 Å². The summed E-state index contributed by atoms with van der Waals surface area (Å²) in [6.45, 7) is 4.65. The molecule has 0 saturated carbocycles. The van der Waals surface area contributed by atoms with Crippen molar-refractivity contribution in [1.29, 1.82) is 0 Å². The zero-order valence-electron chi connectivity index (χ0n) is 14.6. The minimum absolute atomic E-state index is 0.0395. The Morgan fingerprint density at radius 1 is 1.32 bits per heavy atom. The molecule has 6 heteroatoms. The lowest BCUT2D eigenvalue weighted by molar-refractivity contribution is -0.138. The lowest BCUT2D eigenvalue weighted by Gasteiger charge is -2.29. The topological polar surface area (TPSA) is 89.7 Å². The van der Waals surface area contributed by atoms with Crippen molar-refractivity contribution in [2.75, 3.05) is 13.2 Å². The molecule has 2 heterocycles. The Morgan fingerprint density at radius 3 is 2.72 bits per heavy atom. The summed E-state index contributed by atoms with van der Waals surface area (Å²) in [4.78, 5) is 38.9. The molecule has 2 N–H and O–H groups in total. The lowest BCUT2D eigenvalue weighted by Crippen LogP contribution is -2.44. The average Bonchev–Trinajstić information content (AvgIpc) is 3.15. The highest BCUT2D eigenvalue weighted by molar-refractivity contribution is 5.98. The van der Waals surface area contributed by atoms with Crippen molar-refractivity contribution in [1.82, 2.24) is 4.90 Å². The molecular formula is C19H24N2O4. The Bertz CT molecular complexity index is 700. The summed E-state index contributed by atoms with van der Waals surface area (Å²) in [5, 5.41) is 0. The van der Waals surface area contributed by atoms with Gasteiger partial charge in [0.1, 0.15) is 12.6 Å². The number of ketones is 1. The first-order valence-corrected chi connectivity index (χ1v) is 8.73. The van der Waals surface area contributed by atoms with Crippen LogP contribution < -0.4 is 5.73 Å². The summed E-state index contributed by atoms with van der Waals surface area (Å²) in [5.74, 6) is -0.938. The molecule has 0 aromatic heterocycles. The number of carbonyl (C=O) groups is 3. The largest absolute Gasteiger partial charge is 0.368 e. The van der Waals surface area contributed by atoms with E-state index in [0.717, 1.165) is 0 Å². The molecule has 6 nitrogen and oxygen atoms in total. The third-order valence-electron chi connectivity index (χ3n) is 5.00. The van der Waals surface area contributed by atoms with Crippen LogP contribution in [-0.4, -0.2) is 47.8 Å². The van der Waals surface area contributed by atoms with E-state index in [9.17, 15) is 14.4 Å². The molecule has 1 aromatic carbocycles. The third-order valence-corrected chi connectivity index (χ3v) is 5.00. The highest BCUT2D eigenvalue weighted by Crippen LogP contribution is 2.34. The maximum absolute atomic E-state index is 13.3. The number of hydrogen-bond donors (Lipinski definition) is 1. The Hall–Kier alpha value is -2.21. The van der Waals surface area contributed by atoms with Gasteiger partial charge >= 0.3 is 0 Å². The summed E-state index contributed by atoms with van der Waals surface area (Å²) < 4.78 is 5.48. The van der Waals surface area contributed by atoms with E-state index in [1.54, 1.807) is 29.2 Å². The van der Waals surface area contributed by atoms with Gasteiger partial charge in [-0.25, -0.2) is 0 Å². The van der Waals surface area contributed by atoms with Crippen molar-refractivity contribution in [2.24, 2.45) is 11.7 Å². The summed E-state index contributed by atoms with van der Waals surface area (Å²) in [6.07, 6.45) is 1.07. The van der Waals surface area contributed by atoms with Crippen LogP contribution in [-0.2, 0) is 14.3 Å². The Labute approximate surface area is 147 Å². The zero-order valence-corrected chi connectivity index (χ0v) is 14.6. The van der Waals surface area contributed by atoms with Crippen molar-refractivity contribution in [3.63, 3.8) is 0 Å². The number of ether oxygens (including phenoxy) is 1. The van der Waals surface area contributed by atoms with E-state index in [1.807, 2.05) is 13.8 Å². The zero-order chi connectivity index (χ0) is 18.1. The molecule has 0 aliphatic carbocycles. The van der Waals surface area contributed by atoms with Crippen LogP contribution in [0.25, 0.3) is 0 Å². The van der Waals surface area contributed by atoms with Gasteiger partial charge in [0.15, 0.2) is 5.78 Å². The molecule has 2 saturated heterocycles. The first-order valence-electron chi connectivity index (χ1n) is 8.73. The molecule has 2 aliphatic heterocycles. The molecule has 2 fully saturated rings. The highest BCUT2D eigenvalue weighted by Gasteiger charge is 2.48. The van der Waals surface area contributed by atoms with Gasteiger partial charge in [0.05, 0.1) is 12.0 Å². The monoisotopic (exact) mass is 344 g/mol. The van der Waals surface area contributed by atoms with E-state index < -0.39 is 17.9 Å². The van der Waals surface area contributed by atoms with E-state index in [-0.39, 0.29) is 30.3 Å². The lowest BCUT2D eigenvalue weighted by atomic mass is 9.86. The number of benzene rings is 1. The van der Waals surface area contributed by atoms with Gasteiger partial charge in [-0.15, -0.1) is 0 Å². The minimum atomic E-state index is -0.545. The van der Waals surface area contributed by atoms with Crippen LogP contribution in [0.3, 0.4) is 0 Å². The van der Waals surface area contributed by atoms with Crippen LogP contribution in [0.2, 0.25) is 0 Å². The SMILES string of the molecule is CC(C)C[C@H](C(=O)N1CC[C@H]2OCC(=O)[C@H]21)c1ccccc1C(N)=O. The molecule has 0 bridgehead atoms. The van der Waals surface area contributed by atoms with Gasteiger partial charge in [0, 0.05) is 12.1 Å². The Morgan fingerprint density at radius 2 is 2.04 bits per heavy atom. The molecule has 3 rings (SSSR count). The average molecular weight is 344 g/mol. The van der Waals surface area contributed by atoms with Crippen molar-refractivity contribution in [3.8, 4) is 0 Å². The molecule has 25 heavy (non-hydrogen) atoms. The summed E-state index contributed by atoms with van der Waals surface area (Å²) in [6, 6.07) is 6.49. The number of rotatable bonds is 5. The summed E-state index contributed by atoms with van der Waals surface area (Å²) >= 11 is 0. The normalized spacial score (nSPS) is 23.8. The van der Waals surface area contributed by atoms with Gasteiger partial charge in [-0.3, -0.25) is 14.4 Å². The van der Waals surface area contributed by atoms with E-state index in [4.69, 9.17) is 10.5 Å². The first kappa shape index (κ1) is 17.6. The number of nitrogens with two attached hydrogens (primary N) is 1. The van der Waals surface area contributed by atoms with Gasteiger partial charge in [0.25, 0.3) is 0 Å². The Balaban J connectivity index is 1.95. The number of fused-ring (bicyclic) bond motifs is 1. The van der Waals surface area contributed by atoms with Gasteiger partial charge < -0.3 is 15.4 Å². The van der Waals surface area contributed by atoms with Crippen LogP contribution in [0.4, 0.5) is 0 Å². The van der Waals surface area contributed by atoms with E-state index in [1.165, 1.54) is 0 Å². The van der Waals surface area contributed by atoms with Crippen molar-refractivity contribution in [2.45, 2.75) is 44.8 Å².